The monoisotopic (exact) mass is 279 g/mol. The van der Waals surface area contributed by atoms with Crippen LogP contribution in [0.2, 0.25) is 0 Å². The van der Waals surface area contributed by atoms with E-state index in [4.69, 9.17) is 15.9 Å². The van der Waals surface area contributed by atoms with Crippen molar-refractivity contribution in [3.63, 3.8) is 0 Å². The van der Waals surface area contributed by atoms with Gasteiger partial charge in [-0.25, -0.2) is 9.89 Å². The minimum Gasteiger partial charge on any atom is -0.388 e. The summed E-state index contributed by atoms with van der Waals surface area (Å²) >= 11 is 0. The molecule has 2 aromatic heterocycles. The molecule has 9 nitrogen and oxygen atoms in total. The van der Waals surface area contributed by atoms with Gasteiger partial charge in [0, 0.05) is 26.6 Å². The summed E-state index contributed by atoms with van der Waals surface area (Å²) in [6.07, 6.45) is 0.420. The summed E-state index contributed by atoms with van der Waals surface area (Å²) in [4.78, 5) is 13.4. The number of nitrogens with zero attached hydrogens (tertiary/aromatic N) is 4. The van der Waals surface area contributed by atoms with E-state index in [1.54, 1.807) is 19.2 Å². The van der Waals surface area contributed by atoms with Gasteiger partial charge in [0.1, 0.15) is 5.82 Å². The standard InChI is InChI=1S/C11H17N7O2/c1-20-7-6-17(5-4-8(12)13)10-3-2-9-14-15-11(19)18(9)16-10/h2-3H,4-7H2,1H3,(H3,12,13)(H,15,19). The highest BCUT2D eigenvalue weighted by molar-refractivity contribution is 5.77. The maximum absolute atomic E-state index is 11.5. The van der Waals surface area contributed by atoms with Gasteiger partial charge in [-0.2, -0.15) is 9.61 Å². The van der Waals surface area contributed by atoms with E-state index >= 15 is 0 Å². The molecule has 4 N–H and O–H groups in total. The number of hydrogen-bond donors (Lipinski definition) is 3. The first-order chi connectivity index (χ1) is 9.61. The number of hydrogen-bond acceptors (Lipinski definition) is 6. The van der Waals surface area contributed by atoms with Crippen molar-refractivity contribution in [1.82, 2.24) is 19.8 Å². The van der Waals surface area contributed by atoms with Crippen LogP contribution >= 0.6 is 0 Å². The smallest absolute Gasteiger partial charge is 0.364 e. The highest BCUT2D eigenvalue weighted by atomic mass is 16.5. The van der Waals surface area contributed by atoms with Crippen molar-refractivity contribution in [1.29, 1.82) is 5.41 Å². The van der Waals surface area contributed by atoms with Gasteiger partial charge in [0.15, 0.2) is 5.65 Å². The zero-order valence-electron chi connectivity index (χ0n) is 11.2. The van der Waals surface area contributed by atoms with Crippen molar-refractivity contribution in [2.24, 2.45) is 5.73 Å². The lowest BCUT2D eigenvalue weighted by Crippen LogP contribution is -2.32. The fourth-order valence-corrected chi connectivity index (χ4v) is 1.76. The van der Waals surface area contributed by atoms with Gasteiger partial charge in [0.25, 0.3) is 0 Å². The van der Waals surface area contributed by atoms with E-state index in [9.17, 15) is 4.79 Å². The largest absolute Gasteiger partial charge is 0.388 e. The highest BCUT2D eigenvalue weighted by Crippen LogP contribution is 2.10. The van der Waals surface area contributed by atoms with Crippen LogP contribution in [-0.2, 0) is 4.74 Å². The van der Waals surface area contributed by atoms with Gasteiger partial charge in [0.05, 0.1) is 12.4 Å². The van der Waals surface area contributed by atoms with Gasteiger partial charge in [-0.15, -0.1) is 5.10 Å². The number of ether oxygens (including phenoxy) is 1. The maximum Gasteiger partial charge on any atom is 0.364 e. The molecule has 0 radical (unpaired) electrons. The van der Waals surface area contributed by atoms with Gasteiger partial charge in [-0.3, -0.25) is 5.41 Å². The van der Waals surface area contributed by atoms with Crippen LogP contribution in [0.25, 0.3) is 5.65 Å². The van der Waals surface area contributed by atoms with Gasteiger partial charge < -0.3 is 15.4 Å². The molecule has 0 atom stereocenters. The fraction of sp³-hybridized carbons (Fsp3) is 0.455. The predicted molar refractivity (Wildman–Crippen MR) is 74.2 cm³/mol. The minimum atomic E-state index is -0.389. The molecule has 0 bridgehead atoms. The van der Waals surface area contributed by atoms with Crippen LogP contribution in [0.3, 0.4) is 0 Å². The van der Waals surface area contributed by atoms with E-state index in [1.807, 2.05) is 4.90 Å². The molecular formula is C11H17N7O2. The summed E-state index contributed by atoms with van der Waals surface area (Å²) in [5, 5.41) is 17.7. The SMILES string of the molecule is COCCN(CCC(=N)N)c1ccc2n[nH]c(=O)n2n1. The molecule has 0 spiro atoms. The highest BCUT2D eigenvalue weighted by Gasteiger charge is 2.11. The van der Waals surface area contributed by atoms with Gasteiger partial charge in [0.2, 0.25) is 0 Å². The first-order valence-corrected chi connectivity index (χ1v) is 6.13. The maximum atomic E-state index is 11.5. The summed E-state index contributed by atoms with van der Waals surface area (Å²) in [5.74, 6) is 0.716. The second kappa shape index (κ2) is 6.15. The first kappa shape index (κ1) is 14.0. The number of nitrogens with two attached hydrogens (primary N) is 1. The third kappa shape index (κ3) is 3.12. The number of aromatic amines is 1. The molecule has 0 saturated heterocycles. The lowest BCUT2D eigenvalue weighted by atomic mass is 10.3. The van der Waals surface area contributed by atoms with Crippen molar-refractivity contribution in [3.8, 4) is 0 Å². The Labute approximate surface area is 114 Å². The van der Waals surface area contributed by atoms with E-state index < -0.39 is 0 Å². The molecule has 0 aliphatic carbocycles. The van der Waals surface area contributed by atoms with Crippen molar-refractivity contribution < 1.29 is 4.74 Å². The minimum absolute atomic E-state index is 0.106. The van der Waals surface area contributed by atoms with Crippen molar-refractivity contribution in [2.45, 2.75) is 6.42 Å². The Balaban J connectivity index is 2.26. The second-order valence-electron chi connectivity index (χ2n) is 4.25. The number of H-pyrrole nitrogens is 1. The molecule has 2 aromatic rings. The van der Waals surface area contributed by atoms with Gasteiger partial charge in [-0.1, -0.05) is 0 Å². The zero-order chi connectivity index (χ0) is 14.5. The van der Waals surface area contributed by atoms with Crippen molar-refractivity contribution in [3.05, 3.63) is 22.6 Å². The van der Waals surface area contributed by atoms with Crippen LogP contribution in [0, 0.1) is 5.41 Å². The lowest BCUT2D eigenvalue weighted by Gasteiger charge is -2.22. The average molecular weight is 279 g/mol. The number of amidine groups is 1. The summed E-state index contributed by atoms with van der Waals surface area (Å²) in [7, 11) is 1.61. The van der Waals surface area contributed by atoms with Crippen molar-refractivity contribution in [2.75, 3.05) is 31.7 Å². The summed E-state index contributed by atoms with van der Waals surface area (Å²) in [6, 6.07) is 3.47. The Morgan fingerprint density at radius 2 is 2.35 bits per heavy atom. The summed E-state index contributed by atoms with van der Waals surface area (Å²) in [5.41, 5.74) is 5.45. The molecule has 0 aliphatic rings. The molecule has 0 saturated carbocycles. The average Bonchev–Trinajstić information content (AvgIpc) is 2.80. The Morgan fingerprint density at radius 1 is 1.55 bits per heavy atom. The van der Waals surface area contributed by atoms with Crippen LogP contribution in [-0.4, -0.2) is 52.5 Å². The van der Waals surface area contributed by atoms with E-state index in [0.717, 1.165) is 0 Å². The van der Waals surface area contributed by atoms with Gasteiger partial charge in [-0.05, 0) is 12.1 Å². The lowest BCUT2D eigenvalue weighted by molar-refractivity contribution is 0.205. The zero-order valence-corrected chi connectivity index (χ0v) is 11.2. The van der Waals surface area contributed by atoms with Gasteiger partial charge >= 0.3 is 5.69 Å². The van der Waals surface area contributed by atoms with Crippen LogP contribution < -0.4 is 16.3 Å². The van der Waals surface area contributed by atoms with E-state index in [2.05, 4.69) is 15.3 Å². The van der Waals surface area contributed by atoms with E-state index in [1.165, 1.54) is 4.52 Å². The molecule has 0 aliphatic heterocycles. The quantitative estimate of drug-likeness (QED) is 0.450. The summed E-state index contributed by atoms with van der Waals surface area (Å²) < 4.78 is 6.25. The molecule has 2 heterocycles. The molecule has 9 heteroatoms. The van der Waals surface area contributed by atoms with Crippen LogP contribution in [0.1, 0.15) is 6.42 Å². The molecule has 0 aromatic carbocycles. The molecule has 20 heavy (non-hydrogen) atoms. The molecular weight excluding hydrogens is 262 g/mol. The van der Waals surface area contributed by atoms with E-state index in [-0.39, 0.29) is 11.5 Å². The number of anilines is 1. The predicted octanol–water partition coefficient (Wildman–Crippen LogP) is -0.804. The number of methoxy groups -OCH3 is 1. The molecule has 108 valence electrons. The molecule has 0 amide bonds. The van der Waals surface area contributed by atoms with E-state index in [0.29, 0.717) is 37.6 Å². The Bertz CT molecular complexity index is 648. The summed E-state index contributed by atoms with van der Waals surface area (Å²) in [6.45, 7) is 1.64. The molecule has 2 rings (SSSR count). The van der Waals surface area contributed by atoms with Crippen LogP contribution in [0.5, 0.6) is 0 Å². The van der Waals surface area contributed by atoms with Crippen LogP contribution in [0.15, 0.2) is 16.9 Å². The fourth-order valence-electron chi connectivity index (χ4n) is 1.76. The third-order valence-corrected chi connectivity index (χ3v) is 2.80. The topological polar surface area (TPSA) is 125 Å². The number of rotatable bonds is 7. The number of aromatic nitrogens is 4. The number of fused-ring (bicyclic) bond motifs is 1. The third-order valence-electron chi connectivity index (χ3n) is 2.80. The molecule has 0 fully saturated rings. The first-order valence-electron chi connectivity index (χ1n) is 6.13. The second-order valence-corrected chi connectivity index (χ2v) is 4.25. The Kier molecular flexibility index (Phi) is 4.31. The number of nitrogens with one attached hydrogen (secondary N) is 2. The van der Waals surface area contributed by atoms with Crippen LogP contribution in [0.4, 0.5) is 5.82 Å². The van der Waals surface area contributed by atoms with Crippen molar-refractivity contribution >= 4 is 17.3 Å². The normalized spacial score (nSPS) is 10.8. The molecule has 0 unspecified atom stereocenters. The Morgan fingerprint density at radius 3 is 3.05 bits per heavy atom. The Hall–Kier alpha value is -2.42.